The largest absolute Gasteiger partial charge is 0.459 e. The van der Waals surface area contributed by atoms with Gasteiger partial charge in [-0.15, -0.1) is 21.5 Å². The Hall–Kier alpha value is -2.97. The molecule has 5 rings (SSSR count). The van der Waals surface area contributed by atoms with Crippen molar-refractivity contribution in [2.75, 3.05) is 0 Å². The minimum atomic E-state index is 0.00113. The summed E-state index contributed by atoms with van der Waals surface area (Å²) in [6, 6.07) is 11.2. The molecule has 0 aliphatic heterocycles. The van der Waals surface area contributed by atoms with Crippen LogP contribution in [-0.4, -0.2) is 32.0 Å². The molecule has 0 unspecified atom stereocenters. The highest BCUT2D eigenvalue weighted by molar-refractivity contribution is 7.13. The molecule has 1 fully saturated rings. The van der Waals surface area contributed by atoms with Crippen molar-refractivity contribution in [2.45, 2.75) is 38.8 Å². The maximum absolute atomic E-state index is 13.0. The molecule has 1 aromatic carbocycles. The molecule has 1 saturated carbocycles. The molecule has 4 aromatic rings. The van der Waals surface area contributed by atoms with Gasteiger partial charge >= 0.3 is 0 Å². The summed E-state index contributed by atoms with van der Waals surface area (Å²) in [5.74, 6) is 2.38. The molecule has 3 aromatic heterocycles. The number of hydrogen-bond donors (Lipinski definition) is 0. The molecule has 158 valence electrons. The number of aromatic nitrogens is 3. The van der Waals surface area contributed by atoms with Crippen LogP contribution < -0.4 is 0 Å². The number of rotatable bonds is 7. The molecule has 0 atom stereocenters. The number of benzene rings is 1. The van der Waals surface area contributed by atoms with E-state index in [2.05, 4.69) is 15.2 Å². The molecule has 1 aliphatic rings. The fourth-order valence-corrected chi connectivity index (χ4v) is 4.19. The van der Waals surface area contributed by atoms with Gasteiger partial charge in [-0.25, -0.2) is 4.98 Å². The Balaban J connectivity index is 1.27. The molecule has 0 saturated heterocycles. The molecule has 9 heteroatoms. The molecule has 31 heavy (non-hydrogen) atoms. The molecule has 7 nitrogen and oxygen atoms in total. The summed E-state index contributed by atoms with van der Waals surface area (Å²) >= 11 is 7.41. The van der Waals surface area contributed by atoms with E-state index in [1.807, 2.05) is 41.5 Å². The van der Waals surface area contributed by atoms with E-state index in [-0.39, 0.29) is 18.4 Å². The molecule has 1 aliphatic carbocycles. The first kappa shape index (κ1) is 20.0. The zero-order chi connectivity index (χ0) is 21.4. The van der Waals surface area contributed by atoms with E-state index < -0.39 is 0 Å². The average Bonchev–Trinajstić information content (AvgIpc) is 3.13. The van der Waals surface area contributed by atoms with Crippen LogP contribution in [0.5, 0.6) is 0 Å². The Morgan fingerprint density at radius 3 is 2.68 bits per heavy atom. The Labute approximate surface area is 187 Å². The second-order valence-electron chi connectivity index (χ2n) is 7.49. The van der Waals surface area contributed by atoms with Crippen molar-refractivity contribution in [2.24, 2.45) is 0 Å². The van der Waals surface area contributed by atoms with Gasteiger partial charge in [0.1, 0.15) is 5.76 Å². The van der Waals surface area contributed by atoms with Gasteiger partial charge < -0.3 is 13.7 Å². The zero-order valence-electron chi connectivity index (χ0n) is 16.7. The van der Waals surface area contributed by atoms with Gasteiger partial charge in [0.15, 0.2) is 10.8 Å². The van der Waals surface area contributed by atoms with Crippen molar-refractivity contribution in [3.05, 3.63) is 64.1 Å². The first-order valence-electron chi connectivity index (χ1n) is 9.94. The first-order chi connectivity index (χ1) is 15.0. The van der Waals surface area contributed by atoms with Gasteiger partial charge in [0.05, 0.1) is 18.7 Å². The van der Waals surface area contributed by atoms with Crippen LogP contribution in [0, 0.1) is 6.92 Å². The lowest BCUT2D eigenvalue weighted by atomic mass is 10.2. The lowest BCUT2D eigenvalue weighted by molar-refractivity contribution is -0.132. The van der Waals surface area contributed by atoms with Crippen molar-refractivity contribution in [3.63, 3.8) is 0 Å². The molecular weight excluding hydrogens is 436 g/mol. The second kappa shape index (κ2) is 8.28. The minimum absolute atomic E-state index is 0.00113. The SMILES string of the molecule is Cc1ccc(-c2nc(CC(=O)N(Cc3nnc(-c4ccc(Cl)cc4)o3)C3CC3)cs2)o1. The maximum Gasteiger partial charge on any atom is 0.247 e. The van der Waals surface area contributed by atoms with Gasteiger partial charge in [-0.2, -0.15) is 0 Å². The average molecular weight is 455 g/mol. The van der Waals surface area contributed by atoms with E-state index >= 15 is 0 Å². The van der Waals surface area contributed by atoms with Crippen LogP contribution in [-0.2, 0) is 17.8 Å². The normalized spacial score (nSPS) is 13.5. The lowest BCUT2D eigenvalue weighted by Gasteiger charge is -2.20. The molecule has 0 spiro atoms. The van der Waals surface area contributed by atoms with Crippen LogP contribution in [0.25, 0.3) is 22.2 Å². The topological polar surface area (TPSA) is 85.3 Å². The van der Waals surface area contributed by atoms with Gasteiger partial charge in [-0.3, -0.25) is 4.79 Å². The highest BCUT2D eigenvalue weighted by Gasteiger charge is 2.34. The summed E-state index contributed by atoms with van der Waals surface area (Å²) in [6.45, 7) is 2.18. The van der Waals surface area contributed by atoms with E-state index in [1.165, 1.54) is 11.3 Å². The molecule has 0 radical (unpaired) electrons. The highest BCUT2D eigenvalue weighted by Crippen LogP contribution is 2.30. The van der Waals surface area contributed by atoms with Gasteiger partial charge in [-0.1, -0.05) is 11.6 Å². The van der Waals surface area contributed by atoms with Gasteiger partial charge in [-0.05, 0) is 56.2 Å². The van der Waals surface area contributed by atoms with Crippen molar-refractivity contribution in [1.29, 1.82) is 0 Å². The first-order valence-corrected chi connectivity index (χ1v) is 11.2. The maximum atomic E-state index is 13.0. The van der Waals surface area contributed by atoms with Crippen LogP contribution in [0.1, 0.15) is 30.2 Å². The standard InChI is InChI=1S/C22H19ClN4O3S/c1-13-2-9-18(29-13)22-24-16(12-31-22)10-20(28)27(17-7-8-17)11-19-25-26-21(30-19)14-3-5-15(23)6-4-14/h2-6,9,12,17H,7-8,10-11H2,1H3. The van der Waals surface area contributed by atoms with Gasteiger partial charge in [0.25, 0.3) is 0 Å². The molecule has 3 heterocycles. The number of hydrogen-bond acceptors (Lipinski definition) is 7. The van der Waals surface area contributed by atoms with Crippen LogP contribution in [0.4, 0.5) is 0 Å². The monoisotopic (exact) mass is 454 g/mol. The van der Waals surface area contributed by atoms with Gasteiger partial charge in [0.2, 0.25) is 17.7 Å². The van der Waals surface area contributed by atoms with E-state index in [0.29, 0.717) is 23.3 Å². The smallest absolute Gasteiger partial charge is 0.247 e. The predicted molar refractivity (Wildman–Crippen MR) is 117 cm³/mol. The van der Waals surface area contributed by atoms with Crippen LogP contribution >= 0.6 is 22.9 Å². The van der Waals surface area contributed by atoms with Crippen molar-refractivity contribution in [3.8, 4) is 22.2 Å². The molecular formula is C22H19ClN4O3S. The number of aryl methyl sites for hydroxylation is 1. The molecule has 0 bridgehead atoms. The number of carbonyl (C=O) groups is 1. The Morgan fingerprint density at radius 1 is 1.16 bits per heavy atom. The third kappa shape index (κ3) is 4.55. The van der Waals surface area contributed by atoms with Gasteiger partial charge in [0, 0.05) is 22.0 Å². The molecule has 1 amide bonds. The number of amides is 1. The number of halogens is 1. The van der Waals surface area contributed by atoms with Crippen LogP contribution in [0.3, 0.4) is 0 Å². The summed E-state index contributed by atoms with van der Waals surface area (Å²) < 4.78 is 11.4. The second-order valence-corrected chi connectivity index (χ2v) is 8.79. The fraction of sp³-hybridized carbons (Fsp3) is 0.273. The van der Waals surface area contributed by atoms with Crippen LogP contribution in [0.2, 0.25) is 5.02 Å². The lowest BCUT2D eigenvalue weighted by Crippen LogP contribution is -2.34. The van der Waals surface area contributed by atoms with Crippen LogP contribution in [0.15, 0.2) is 50.6 Å². The Bertz CT molecular complexity index is 1210. The van der Waals surface area contributed by atoms with Crippen molar-refractivity contribution >= 4 is 28.8 Å². The van der Waals surface area contributed by atoms with E-state index in [9.17, 15) is 4.79 Å². The third-order valence-electron chi connectivity index (χ3n) is 5.01. The quantitative estimate of drug-likeness (QED) is 0.384. The zero-order valence-corrected chi connectivity index (χ0v) is 18.3. The van der Waals surface area contributed by atoms with E-state index in [0.717, 1.165) is 40.6 Å². The summed E-state index contributed by atoms with van der Waals surface area (Å²) in [4.78, 5) is 19.4. The summed E-state index contributed by atoms with van der Waals surface area (Å²) in [5.41, 5.74) is 1.52. The highest BCUT2D eigenvalue weighted by atomic mass is 35.5. The minimum Gasteiger partial charge on any atom is -0.459 e. The number of nitrogens with zero attached hydrogens (tertiary/aromatic N) is 4. The number of furan rings is 1. The van der Waals surface area contributed by atoms with E-state index in [1.54, 1.807) is 12.1 Å². The summed E-state index contributed by atoms with van der Waals surface area (Å²) in [5, 5.41) is 11.6. The number of thiazole rings is 1. The number of carbonyl (C=O) groups excluding carboxylic acids is 1. The summed E-state index contributed by atoms with van der Waals surface area (Å²) in [6.07, 6.45) is 2.20. The molecule has 0 N–H and O–H groups in total. The summed E-state index contributed by atoms with van der Waals surface area (Å²) in [7, 11) is 0. The Morgan fingerprint density at radius 2 is 1.97 bits per heavy atom. The Kier molecular flexibility index (Phi) is 5.33. The predicted octanol–water partition coefficient (Wildman–Crippen LogP) is 5.15. The van der Waals surface area contributed by atoms with Crippen molar-refractivity contribution < 1.29 is 13.6 Å². The fourth-order valence-electron chi connectivity index (χ4n) is 3.29. The van der Waals surface area contributed by atoms with E-state index in [4.69, 9.17) is 20.4 Å². The third-order valence-corrected chi connectivity index (χ3v) is 6.16. The van der Waals surface area contributed by atoms with Crippen molar-refractivity contribution in [1.82, 2.24) is 20.1 Å².